The number of rotatable bonds is 7. The quantitative estimate of drug-likeness (QED) is 0.374. The molecule has 2 amide bonds. The van der Waals surface area contributed by atoms with E-state index in [0.717, 1.165) is 0 Å². The number of carbonyl (C=O) groups excluding carboxylic acids is 2. The highest BCUT2D eigenvalue weighted by atomic mass is 127. The van der Waals surface area contributed by atoms with E-state index >= 15 is 0 Å². The van der Waals surface area contributed by atoms with Gasteiger partial charge >= 0.3 is 5.97 Å². The number of hydrogen-bond acceptors (Lipinski definition) is 5. The van der Waals surface area contributed by atoms with Crippen molar-refractivity contribution in [3.8, 4) is 0 Å². The number of carbonyl (C=O) groups is 3. The molecule has 0 atom stereocenters. The van der Waals surface area contributed by atoms with Crippen molar-refractivity contribution >= 4 is 96.9 Å². The zero-order valence-electron chi connectivity index (χ0n) is 13.9. The molecule has 0 heterocycles. The molecule has 0 unspecified atom stereocenters. The van der Waals surface area contributed by atoms with E-state index in [9.17, 15) is 29.7 Å². The van der Waals surface area contributed by atoms with Crippen LogP contribution in [0.4, 0.5) is 11.4 Å². The van der Waals surface area contributed by atoms with Gasteiger partial charge in [0.1, 0.15) is 0 Å². The number of carboxylic acid groups (broad SMARTS) is 1. The zero-order chi connectivity index (χ0) is 20.2. The molecule has 1 rings (SSSR count). The lowest BCUT2D eigenvalue weighted by molar-refractivity contribution is -0.117. The molecule has 8 nitrogen and oxygen atoms in total. The summed E-state index contributed by atoms with van der Waals surface area (Å²) in [5.74, 6) is -1.93. The van der Waals surface area contributed by atoms with Crippen LogP contribution in [0.5, 0.6) is 0 Å². The highest BCUT2D eigenvalue weighted by Crippen LogP contribution is 2.42. The van der Waals surface area contributed by atoms with Crippen molar-refractivity contribution in [2.24, 2.45) is 0 Å². The molecule has 0 bridgehead atoms. The molecule has 0 spiro atoms. The van der Waals surface area contributed by atoms with Crippen molar-refractivity contribution in [2.75, 3.05) is 36.1 Å². The SMILES string of the molecule is CC(=O)N(CCO)c1c(I)c(C(=O)O)c(I)c(N(CCO)C(C)=O)c1I. The summed E-state index contributed by atoms with van der Waals surface area (Å²) in [6.45, 7) is 2.00. The molecule has 0 aromatic heterocycles. The van der Waals surface area contributed by atoms with Crippen LogP contribution < -0.4 is 9.80 Å². The summed E-state index contributed by atoms with van der Waals surface area (Å²) in [6.07, 6.45) is 0. The summed E-state index contributed by atoms with van der Waals surface area (Å²) < 4.78 is 1.17. The first-order valence-electron chi connectivity index (χ1n) is 7.31. The average Bonchev–Trinajstić information content (AvgIpc) is 2.52. The Hall–Kier alpha value is -0.260. The average molecular weight is 702 g/mol. The minimum Gasteiger partial charge on any atom is -0.478 e. The minimum atomic E-state index is -1.20. The second kappa shape index (κ2) is 10.3. The first kappa shape index (κ1) is 23.8. The molecule has 26 heavy (non-hydrogen) atoms. The lowest BCUT2D eigenvalue weighted by Crippen LogP contribution is -2.36. The summed E-state index contributed by atoms with van der Waals surface area (Å²) >= 11 is 5.67. The number of aromatic carboxylic acids is 1. The molecule has 0 aliphatic heterocycles. The smallest absolute Gasteiger partial charge is 0.338 e. The van der Waals surface area contributed by atoms with Crippen molar-refractivity contribution in [3.05, 3.63) is 16.3 Å². The van der Waals surface area contributed by atoms with Crippen LogP contribution >= 0.6 is 67.8 Å². The number of hydrogen-bond donors (Lipinski definition) is 3. The van der Waals surface area contributed by atoms with Crippen LogP contribution in [0.3, 0.4) is 0 Å². The zero-order valence-corrected chi connectivity index (χ0v) is 20.4. The molecular weight excluding hydrogens is 685 g/mol. The monoisotopic (exact) mass is 702 g/mol. The van der Waals surface area contributed by atoms with E-state index in [2.05, 4.69) is 0 Å². The van der Waals surface area contributed by atoms with Crippen molar-refractivity contribution in [1.29, 1.82) is 0 Å². The van der Waals surface area contributed by atoms with Gasteiger partial charge in [-0.3, -0.25) is 9.59 Å². The Bertz CT molecular complexity index is 690. The topological polar surface area (TPSA) is 118 Å². The number of benzene rings is 1. The summed E-state index contributed by atoms with van der Waals surface area (Å²) in [5.41, 5.74) is 0.611. The van der Waals surface area contributed by atoms with Crippen LogP contribution in [0.2, 0.25) is 0 Å². The maximum Gasteiger partial charge on any atom is 0.338 e. The van der Waals surface area contributed by atoms with Crippen LogP contribution in [-0.2, 0) is 9.59 Å². The minimum absolute atomic E-state index is 0.0134. The number of aliphatic hydroxyl groups excluding tert-OH is 2. The van der Waals surface area contributed by atoms with Gasteiger partial charge in [-0.05, 0) is 67.8 Å². The molecule has 0 aliphatic carbocycles. The molecule has 1 aromatic carbocycles. The van der Waals surface area contributed by atoms with Gasteiger partial charge in [-0.2, -0.15) is 0 Å². The molecule has 0 saturated heterocycles. The largest absolute Gasteiger partial charge is 0.478 e. The number of amides is 2. The van der Waals surface area contributed by atoms with Gasteiger partial charge in [-0.25, -0.2) is 4.79 Å². The molecule has 144 valence electrons. The standard InChI is InChI=1S/C15H17I3N2O6/c1-7(23)19(3-5-21)13-10(16)9(15(25)26)11(17)14(12(13)18)20(4-6-22)8(2)24/h21-22H,3-6H2,1-2H3,(H,25,26). The number of carboxylic acids is 1. The van der Waals surface area contributed by atoms with Gasteiger partial charge in [-0.1, -0.05) is 0 Å². The van der Waals surface area contributed by atoms with E-state index in [1.807, 2.05) is 67.8 Å². The fraction of sp³-hybridized carbons (Fsp3) is 0.400. The van der Waals surface area contributed by atoms with Gasteiger partial charge in [0.05, 0.1) is 40.9 Å². The summed E-state index contributed by atoms with van der Waals surface area (Å²) in [7, 11) is 0. The molecule has 0 saturated carbocycles. The molecular formula is C15H17I3N2O6. The van der Waals surface area contributed by atoms with Crippen molar-refractivity contribution in [2.45, 2.75) is 13.8 Å². The maximum absolute atomic E-state index is 12.1. The fourth-order valence-electron chi connectivity index (χ4n) is 2.35. The Balaban J connectivity index is 3.95. The van der Waals surface area contributed by atoms with Crippen LogP contribution in [0.25, 0.3) is 0 Å². The van der Waals surface area contributed by atoms with Gasteiger partial charge in [0.2, 0.25) is 11.8 Å². The molecule has 11 heteroatoms. The molecule has 0 fully saturated rings. The predicted molar refractivity (Wildman–Crippen MR) is 122 cm³/mol. The third kappa shape index (κ3) is 4.96. The number of nitrogens with zero attached hydrogens (tertiary/aromatic N) is 2. The fourth-order valence-corrected chi connectivity index (χ4v) is 7.15. The van der Waals surface area contributed by atoms with E-state index in [-0.39, 0.29) is 43.7 Å². The Labute approximate surface area is 191 Å². The number of anilines is 2. The van der Waals surface area contributed by atoms with Crippen LogP contribution in [-0.4, -0.2) is 59.4 Å². The lowest BCUT2D eigenvalue weighted by Gasteiger charge is -2.30. The van der Waals surface area contributed by atoms with E-state index in [1.54, 1.807) is 0 Å². The Morgan fingerprint density at radius 1 is 0.808 bits per heavy atom. The molecule has 1 aromatic rings. The Kier molecular flexibility index (Phi) is 9.45. The second-order valence-corrected chi connectivity index (χ2v) is 8.34. The van der Waals surface area contributed by atoms with Crippen LogP contribution in [0, 0.1) is 10.7 Å². The first-order chi connectivity index (χ1) is 12.1. The lowest BCUT2D eigenvalue weighted by atomic mass is 10.1. The number of halogens is 3. The summed E-state index contributed by atoms with van der Waals surface area (Å²) in [6, 6.07) is 0. The van der Waals surface area contributed by atoms with Gasteiger partial charge in [0.15, 0.2) is 0 Å². The summed E-state index contributed by atoms with van der Waals surface area (Å²) in [4.78, 5) is 38.6. The van der Waals surface area contributed by atoms with Gasteiger partial charge < -0.3 is 25.1 Å². The molecule has 0 radical (unpaired) electrons. The van der Waals surface area contributed by atoms with Crippen molar-refractivity contribution < 1.29 is 29.7 Å². The Morgan fingerprint density at radius 2 is 1.15 bits per heavy atom. The van der Waals surface area contributed by atoms with E-state index in [1.165, 1.54) is 23.6 Å². The van der Waals surface area contributed by atoms with Gasteiger partial charge in [-0.15, -0.1) is 0 Å². The Morgan fingerprint density at radius 3 is 1.38 bits per heavy atom. The van der Waals surface area contributed by atoms with Crippen molar-refractivity contribution in [1.82, 2.24) is 0 Å². The predicted octanol–water partition coefficient (Wildman–Crippen LogP) is 1.89. The van der Waals surface area contributed by atoms with E-state index in [4.69, 9.17) is 0 Å². The maximum atomic E-state index is 12.1. The third-order valence-electron chi connectivity index (χ3n) is 3.43. The highest BCUT2D eigenvalue weighted by Gasteiger charge is 2.31. The normalized spacial score (nSPS) is 10.6. The van der Waals surface area contributed by atoms with Gasteiger partial charge in [0.25, 0.3) is 0 Å². The summed E-state index contributed by atoms with van der Waals surface area (Å²) in [5, 5.41) is 28.3. The van der Waals surface area contributed by atoms with E-state index < -0.39 is 5.97 Å². The van der Waals surface area contributed by atoms with E-state index in [0.29, 0.717) is 22.1 Å². The molecule has 3 N–H and O–H groups in total. The van der Waals surface area contributed by atoms with Crippen LogP contribution in [0.15, 0.2) is 0 Å². The van der Waals surface area contributed by atoms with Crippen LogP contribution in [0.1, 0.15) is 24.2 Å². The highest BCUT2D eigenvalue weighted by molar-refractivity contribution is 14.1. The third-order valence-corrected chi connectivity index (χ3v) is 6.55. The van der Waals surface area contributed by atoms with Crippen molar-refractivity contribution in [3.63, 3.8) is 0 Å². The van der Waals surface area contributed by atoms with Gasteiger partial charge in [0, 0.05) is 26.9 Å². The number of aliphatic hydroxyl groups is 2. The second-order valence-electron chi connectivity index (χ2n) is 5.11. The molecule has 0 aliphatic rings. The first-order valence-corrected chi connectivity index (χ1v) is 10.5.